The molecule has 0 saturated carbocycles. The zero-order chi connectivity index (χ0) is 12.2. The van der Waals surface area contributed by atoms with Crippen LogP contribution in [0.3, 0.4) is 0 Å². The standard InChI is InChI=1S/C15H18N2S/c1-3-13-5-2-7-17-15(13)14(4-1)10-16-9-12-6-8-18-11-12/h1-5,7,12,16H,6,8-11H2. The smallest absolute Gasteiger partial charge is 0.0746 e. The van der Waals surface area contributed by atoms with E-state index in [9.17, 15) is 0 Å². The molecule has 1 N–H and O–H groups in total. The third-order valence-electron chi connectivity index (χ3n) is 3.49. The van der Waals surface area contributed by atoms with Crippen LogP contribution in [0.25, 0.3) is 10.9 Å². The first kappa shape index (κ1) is 12.0. The van der Waals surface area contributed by atoms with Crippen molar-refractivity contribution < 1.29 is 0 Å². The lowest BCUT2D eigenvalue weighted by atomic mass is 10.1. The van der Waals surface area contributed by atoms with Gasteiger partial charge in [0, 0.05) is 18.1 Å². The predicted molar refractivity (Wildman–Crippen MR) is 78.9 cm³/mol. The summed E-state index contributed by atoms with van der Waals surface area (Å²) in [4.78, 5) is 4.49. The van der Waals surface area contributed by atoms with E-state index in [1.165, 1.54) is 28.9 Å². The van der Waals surface area contributed by atoms with Crippen LogP contribution >= 0.6 is 11.8 Å². The zero-order valence-electron chi connectivity index (χ0n) is 10.4. The third-order valence-corrected chi connectivity index (χ3v) is 4.72. The van der Waals surface area contributed by atoms with Gasteiger partial charge in [-0.05, 0) is 42.0 Å². The lowest BCUT2D eigenvalue weighted by molar-refractivity contribution is 0.524. The zero-order valence-corrected chi connectivity index (χ0v) is 11.2. The summed E-state index contributed by atoms with van der Waals surface area (Å²) in [5.41, 5.74) is 2.44. The molecule has 3 heteroatoms. The van der Waals surface area contributed by atoms with Gasteiger partial charge in [0.05, 0.1) is 5.52 Å². The number of hydrogen-bond acceptors (Lipinski definition) is 3. The summed E-state index contributed by atoms with van der Waals surface area (Å²) in [6.07, 6.45) is 3.24. The van der Waals surface area contributed by atoms with Crippen molar-refractivity contribution in [1.29, 1.82) is 0 Å². The first-order chi connectivity index (χ1) is 8.93. The molecule has 2 heterocycles. The second-order valence-corrected chi connectivity index (χ2v) is 6.00. The molecular formula is C15H18N2S. The Hall–Kier alpha value is -1.06. The molecule has 0 radical (unpaired) electrons. The van der Waals surface area contributed by atoms with Gasteiger partial charge in [-0.25, -0.2) is 0 Å². The van der Waals surface area contributed by atoms with Crippen LogP contribution in [0.2, 0.25) is 0 Å². The summed E-state index contributed by atoms with van der Waals surface area (Å²) in [6, 6.07) is 10.5. The summed E-state index contributed by atoms with van der Waals surface area (Å²) >= 11 is 2.08. The fraction of sp³-hybridized carbons (Fsp3) is 0.400. The molecule has 0 bridgehead atoms. The number of hydrogen-bond donors (Lipinski definition) is 1. The Labute approximate surface area is 112 Å². The van der Waals surface area contributed by atoms with Crippen LogP contribution in [-0.4, -0.2) is 23.0 Å². The Balaban J connectivity index is 1.66. The van der Waals surface area contributed by atoms with E-state index in [2.05, 4.69) is 46.3 Å². The SMILES string of the molecule is c1cnc2c(CNCC3CCSC3)cccc2c1. The van der Waals surface area contributed by atoms with E-state index in [0.717, 1.165) is 24.5 Å². The highest BCUT2D eigenvalue weighted by atomic mass is 32.2. The lowest BCUT2D eigenvalue weighted by Crippen LogP contribution is -2.22. The molecule has 2 aromatic rings. The molecule has 18 heavy (non-hydrogen) atoms. The van der Waals surface area contributed by atoms with E-state index in [-0.39, 0.29) is 0 Å². The highest BCUT2D eigenvalue weighted by Crippen LogP contribution is 2.22. The maximum Gasteiger partial charge on any atom is 0.0746 e. The number of nitrogens with zero attached hydrogens (tertiary/aromatic N) is 1. The van der Waals surface area contributed by atoms with Crippen molar-refractivity contribution in [3.05, 3.63) is 42.1 Å². The van der Waals surface area contributed by atoms with Gasteiger partial charge in [-0.1, -0.05) is 24.3 Å². The normalized spacial score (nSPS) is 19.4. The van der Waals surface area contributed by atoms with Gasteiger partial charge in [0.1, 0.15) is 0 Å². The van der Waals surface area contributed by atoms with Crippen LogP contribution in [0.4, 0.5) is 0 Å². The van der Waals surface area contributed by atoms with Crippen molar-refractivity contribution in [1.82, 2.24) is 10.3 Å². The Morgan fingerprint density at radius 1 is 1.28 bits per heavy atom. The molecule has 1 atom stereocenters. The minimum atomic E-state index is 0.859. The summed E-state index contributed by atoms with van der Waals surface area (Å²) in [5, 5.41) is 4.81. The van der Waals surface area contributed by atoms with Crippen molar-refractivity contribution in [2.24, 2.45) is 5.92 Å². The number of benzene rings is 1. The van der Waals surface area contributed by atoms with Crippen molar-refractivity contribution >= 4 is 22.7 Å². The predicted octanol–water partition coefficient (Wildman–Crippen LogP) is 3.08. The molecular weight excluding hydrogens is 240 g/mol. The van der Waals surface area contributed by atoms with E-state index in [4.69, 9.17) is 0 Å². The number of nitrogens with one attached hydrogen (secondary N) is 1. The number of para-hydroxylation sites is 1. The Bertz CT molecular complexity index is 515. The van der Waals surface area contributed by atoms with Gasteiger partial charge >= 0.3 is 0 Å². The molecule has 1 fully saturated rings. The number of rotatable bonds is 4. The largest absolute Gasteiger partial charge is 0.312 e. The number of fused-ring (bicyclic) bond motifs is 1. The van der Waals surface area contributed by atoms with E-state index in [0.29, 0.717) is 0 Å². The molecule has 94 valence electrons. The van der Waals surface area contributed by atoms with Crippen molar-refractivity contribution in [3.63, 3.8) is 0 Å². The lowest BCUT2D eigenvalue weighted by Gasteiger charge is -2.11. The van der Waals surface area contributed by atoms with E-state index in [1.54, 1.807) is 0 Å². The van der Waals surface area contributed by atoms with Crippen LogP contribution < -0.4 is 5.32 Å². The molecule has 2 nitrogen and oxygen atoms in total. The average molecular weight is 258 g/mol. The number of thioether (sulfide) groups is 1. The Morgan fingerprint density at radius 3 is 3.11 bits per heavy atom. The molecule has 0 amide bonds. The molecule has 1 aromatic heterocycles. The molecule has 3 rings (SSSR count). The van der Waals surface area contributed by atoms with Gasteiger partial charge in [0.2, 0.25) is 0 Å². The van der Waals surface area contributed by atoms with Crippen LogP contribution in [-0.2, 0) is 6.54 Å². The van der Waals surface area contributed by atoms with E-state index < -0.39 is 0 Å². The quantitative estimate of drug-likeness (QED) is 0.912. The fourth-order valence-corrected chi connectivity index (χ4v) is 3.75. The molecule has 0 spiro atoms. The van der Waals surface area contributed by atoms with Gasteiger partial charge in [-0.3, -0.25) is 4.98 Å². The first-order valence-corrected chi connectivity index (χ1v) is 7.70. The summed E-state index contributed by atoms with van der Waals surface area (Å²) < 4.78 is 0. The first-order valence-electron chi connectivity index (χ1n) is 6.54. The monoisotopic (exact) mass is 258 g/mol. The minimum Gasteiger partial charge on any atom is -0.312 e. The highest BCUT2D eigenvalue weighted by molar-refractivity contribution is 7.99. The average Bonchev–Trinajstić information content (AvgIpc) is 2.92. The Kier molecular flexibility index (Phi) is 3.81. The summed E-state index contributed by atoms with van der Waals surface area (Å²) in [6.45, 7) is 2.06. The maximum absolute atomic E-state index is 4.49. The van der Waals surface area contributed by atoms with Gasteiger partial charge in [0.15, 0.2) is 0 Å². The maximum atomic E-state index is 4.49. The molecule has 1 aliphatic heterocycles. The molecule has 0 aliphatic carbocycles. The van der Waals surface area contributed by atoms with Crippen molar-refractivity contribution in [2.45, 2.75) is 13.0 Å². The van der Waals surface area contributed by atoms with Crippen LogP contribution in [0, 0.1) is 5.92 Å². The molecule has 1 unspecified atom stereocenters. The van der Waals surface area contributed by atoms with Crippen LogP contribution in [0.5, 0.6) is 0 Å². The van der Waals surface area contributed by atoms with E-state index >= 15 is 0 Å². The number of aromatic nitrogens is 1. The minimum absolute atomic E-state index is 0.859. The topological polar surface area (TPSA) is 24.9 Å². The van der Waals surface area contributed by atoms with E-state index in [1.807, 2.05) is 12.3 Å². The second kappa shape index (κ2) is 5.72. The molecule has 1 aromatic carbocycles. The van der Waals surface area contributed by atoms with Gasteiger partial charge < -0.3 is 5.32 Å². The second-order valence-electron chi connectivity index (χ2n) is 4.85. The third kappa shape index (κ3) is 2.68. The van der Waals surface area contributed by atoms with Crippen LogP contribution in [0.15, 0.2) is 36.5 Å². The van der Waals surface area contributed by atoms with Gasteiger partial charge in [-0.2, -0.15) is 11.8 Å². The number of pyridine rings is 1. The van der Waals surface area contributed by atoms with Gasteiger partial charge in [0.25, 0.3) is 0 Å². The fourth-order valence-electron chi connectivity index (χ4n) is 2.47. The summed E-state index contributed by atoms with van der Waals surface area (Å²) in [5.74, 6) is 3.51. The molecule has 1 aliphatic rings. The molecule has 1 saturated heterocycles. The Morgan fingerprint density at radius 2 is 2.22 bits per heavy atom. The van der Waals surface area contributed by atoms with Crippen molar-refractivity contribution in [2.75, 3.05) is 18.1 Å². The highest BCUT2D eigenvalue weighted by Gasteiger charge is 2.14. The summed E-state index contributed by atoms with van der Waals surface area (Å²) in [7, 11) is 0. The van der Waals surface area contributed by atoms with Crippen LogP contribution in [0.1, 0.15) is 12.0 Å². The van der Waals surface area contributed by atoms with Crippen molar-refractivity contribution in [3.8, 4) is 0 Å². The van der Waals surface area contributed by atoms with Gasteiger partial charge in [-0.15, -0.1) is 0 Å².